The second kappa shape index (κ2) is 6.92. The van der Waals surface area contributed by atoms with E-state index in [0.29, 0.717) is 0 Å². The van der Waals surface area contributed by atoms with E-state index in [1.54, 1.807) is 17.4 Å². The zero-order chi connectivity index (χ0) is 14.5. The summed E-state index contributed by atoms with van der Waals surface area (Å²) < 4.78 is 12.9. The number of nitrogens with zero attached hydrogens (tertiary/aromatic N) is 2. The van der Waals surface area contributed by atoms with Gasteiger partial charge in [-0.25, -0.2) is 4.39 Å². The summed E-state index contributed by atoms with van der Waals surface area (Å²) in [6, 6.07) is 5.02. The highest BCUT2D eigenvalue weighted by Gasteiger charge is 2.18. The molecule has 0 fully saturated rings. The molecule has 0 radical (unpaired) electrons. The molecule has 0 aliphatic rings. The van der Waals surface area contributed by atoms with Crippen LogP contribution in [0.15, 0.2) is 35.2 Å². The Morgan fingerprint density at radius 2 is 2.20 bits per heavy atom. The lowest BCUT2D eigenvalue weighted by Crippen LogP contribution is -2.31. The minimum Gasteiger partial charge on any atom is -0.322 e. The summed E-state index contributed by atoms with van der Waals surface area (Å²) in [7, 11) is 2.08. The number of aromatic nitrogens is 1. The van der Waals surface area contributed by atoms with Crippen molar-refractivity contribution in [1.82, 2.24) is 9.88 Å². The van der Waals surface area contributed by atoms with Crippen LogP contribution >= 0.6 is 11.3 Å². The van der Waals surface area contributed by atoms with E-state index in [9.17, 15) is 4.39 Å². The van der Waals surface area contributed by atoms with Gasteiger partial charge in [0.15, 0.2) is 0 Å². The topological polar surface area (TPSA) is 42.1 Å². The van der Waals surface area contributed by atoms with Crippen molar-refractivity contribution in [3.05, 3.63) is 52.2 Å². The number of thiophene rings is 1. The molecular weight excluding hydrogens is 273 g/mol. The van der Waals surface area contributed by atoms with Crippen LogP contribution in [0.25, 0.3) is 0 Å². The van der Waals surface area contributed by atoms with Crippen LogP contribution in [0.3, 0.4) is 0 Å². The van der Waals surface area contributed by atoms with E-state index in [1.165, 1.54) is 17.8 Å². The summed E-state index contributed by atoms with van der Waals surface area (Å²) in [4.78, 5) is 6.31. The summed E-state index contributed by atoms with van der Waals surface area (Å²) >= 11 is 1.71. The number of halogens is 1. The molecule has 2 heterocycles. The molecule has 0 saturated carbocycles. The zero-order valence-corrected chi connectivity index (χ0v) is 12.6. The van der Waals surface area contributed by atoms with Crippen LogP contribution in [-0.4, -0.2) is 23.5 Å². The molecule has 20 heavy (non-hydrogen) atoms. The van der Waals surface area contributed by atoms with Crippen molar-refractivity contribution < 1.29 is 4.39 Å². The Hall–Kier alpha value is -1.30. The van der Waals surface area contributed by atoms with Crippen LogP contribution < -0.4 is 5.73 Å². The zero-order valence-electron chi connectivity index (χ0n) is 11.8. The molecule has 2 aromatic rings. The van der Waals surface area contributed by atoms with Crippen LogP contribution in [0.1, 0.15) is 24.2 Å². The van der Waals surface area contributed by atoms with Gasteiger partial charge in [0, 0.05) is 13.1 Å². The molecule has 2 aromatic heterocycles. The average molecular weight is 293 g/mol. The summed E-state index contributed by atoms with van der Waals surface area (Å²) in [6.45, 7) is 3.88. The molecule has 2 N–H and O–H groups in total. The van der Waals surface area contributed by atoms with Gasteiger partial charge in [-0.1, -0.05) is 6.92 Å². The van der Waals surface area contributed by atoms with Crippen LogP contribution in [-0.2, 0) is 6.54 Å². The maximum Gasteiger partial charge on any atom is 0.141 e. The van der Waals surface area contributed by atoms with Crippen molar-refractivity contribution in [3.63, 3.8) is 0 Å². The third-order valence-electron chi connectivity index (χ3n) is 3.34. The maximum absolute atomic E-state index is 12.9. The molecule has 0 saturated heterocycles. The van der Waals surface area contributed by atoms with Gasteiger partial charge >= 0.3 is 0 Å². The molecule has 2 unspecified atom stereocenters. The van der Waals surface area contributed by atoms with Gasteiger partial charge in [0.25, 0.3) is 0 Å². The average Bonchev–Trinajstić information content (AvgIpc) is 2.91. The van der Waals surface area contributed by atoms with Gasteiger partial charge < -0.3 is 10.6 Å². The highest BCUT2D eigenvalue weighted by molar-refractivity contribution is 7.07. The lowest BCUT2D eigenvalue weighted by Gasteiger charge is -2.25. The second-order valence-electron chi connectivity index (χ2n) is 5.23. The van der Waals surface area contributed by atoms with Gasteiger partial charge in [0.2, 0.25) is 0 Å². The lowest BCUT2D eigenvalue weighted by atomic mass is 9.98. The highest BCUT2D eigenvalue weighted by Crippen LogP contribution is 2.19. The van der Waals surface area contributed by atoms with Gasteiger partial charge in [-0.2, -0.15) is 11.3 Å². The van der Waals surface area contributed by atoms with Gasteiger partial charge in [0.05, 0.1) is 17.9 Å². The third kappa shape index (κ3) is 4.10. The monoisotopic (exact) mass is 293 g/mol. The maximum atomic E-state index is 12.9. The first-order valence-corrected chi connectivity index (χ1v) is 7.57. The highest BCUT2D eigenvalue weighted by atomic mass is 32.1. The van der Waals surface area contributed by atoms with Crippen molar-refractivity contribution in [3.8, 4) is 0 Å². The van der Waals surface area contributed by atoms with E-state index < -0.39 is 0 Å². The predicted octanol–water partition coefficient (Wildman–Crippen LogP) is 3.05. The van der Waals surface area contributed by atoms with E-state index in [4.69, 9.17) is 5.73 Å². The largest absolute Gasteiger partial charge is 0.322 e. The predicted molar refractivity (Wildman–Crippen MR) is 80.9 cm³/mol. The van der Waals surface area contributed by atoms with Crippen molar-refractivity contribution in [1.29, 1.82) is 0 Å². The first kappa shape index (κ1) is 15.1. The van der Waals surface area contributed by atoms with Crippen LogP contribution in [0.4, 0.5) is 4.39 Å². The summed E-state index contributed by atoms with van der Waals surface area (Å²) in [5, 5.41) is 4.24. The van der Waals surface area contributed by atoms with E-state index in [1.807, 2.05) is 0 Å². The minimum atomic E-state index is -0.330. The number of hydrogen-bond donors (Lipinski definition) is 1. The fourth-order valence-electron chi connectivity index (χ4n) is 2.24. The van der Waals surface area contributed by atoms with Crippen LogP contribution in [0.2, 0.25) is 0 Å². The van der Waals surface area contributed by atoms with Gasteiger partial charge in [-0.3, -0.25) is 4.98 Å². The number of rotatable bonds is 6. The van der Waals surface area contributed by atoms with E-state index >= 15 is 0 Å². The van der Waals surface area contributed by atoms with E-state index in [-0.39, 0.29) is 17.8 Å². The first-order valence-electron chi connectivity index (χ1n) is 6.63. The van der Waals surface area contributed by atoms with Crippen molar-refractivity contribution >= 4 is 11.3 Å². The molecule has 0 aromatic carbocycles. The Labute approximate surface area is 123 Å². The van der Waals surface area contributed by atoms with Crippen molar-refractivity contribution in [2.24, 2.45) is 11.7 Å². The van der Waals surface area contributed by atoms with E-state index in [0.717, 1.165) is 18.8 Å². The molecule has 108 valence electrons. The van der Waals surface area contributed by atoms with Gasteiger partial charge in [-0.05, 0) is 47.5 Å². The molecule has 0 bridgehead atoms. The summed E-state index contributed by atoms with van der Waals surface area (Å²) in [5.41, 5.74) is 8.26. The number of nitrogens with two attached hydrogens (primary N) is 1. The number of pyridine rings is 1. The van der Waals surface area contributed by atoms with Crippen molar-refractivity contribution in [2.75, 3.05) is 13.6 Å². The Balaban J connectivity index is 1.90. The molecule has 2 atom stereocenters. The summed E-state index contributed by atoms with van der Waals surface area (Å²) in [5.74, 6) is -0.0835. The second-order valence-corrected chi connectivity index (χ2v) is 6.01. The van der Waals surface area contributed by atoms with Crippen molar-refractivity contribution in [2.45, 2.75) is 19.5 Å². The Morgan fingerprint density at radius 1 is 1.40 bits per heavy atom. The summed E-state index contributed by atoms with van der Waals surface area (Å²) in [6.07, 6.45) is 1.22. The van der Waals surface area contributed by atoms with E-state index in [2.05, 4.69) is 40.7 Å². The fourth-order valence-corrected chi connectivity index (χ4v) is 2.90. The first-order chi connectivity index (χ1) is 9.56. The quantitative estimate of drug-likeness (QED) is 0.890. The third-order valence-corrected chi connectivity index (χ3v) is 4.07. The standard InChI is InChI=1S/C15H20FN3S/c1-11(8-19(2)9-12-5-6-20-10-12)15(17)14-4-3-13(16)7-18-14/h3-7,10-11,15H,8-9,17H2,1-2H3. The SMILES string of the molecule is CC(CN(C)Cc1ccsc1)C(N)c1ccc(F)cn1. The Morgan fingerprint density at radius 3 is 2.80 bits per heavy atom. The lowest BCUT2D eigenvalue weighted by molar-refractivity contribution is 0.256. The number of hydrogen-bond acceptors (Lipinski definition) is 4. The molecule has 3 nitrogen and oxygen atoms in total. The van der Waals surface area contributed by atoms with Gasteiger partial charge in [0.1, 0.15) is 5.82 Å². The Bertz CT molecular complexity index is 512. The molecule has 0 amide bonds. The smallest absolute Gasteiger partial charge is 0.141 e. The Kier molecular flexibility index (Phi) is 5.23. The van der Waals surface area contributed by atoms with Crippen LogP contribution in [0, 0.1) is 11.7 Å². The molecular formula is C15H20FN3S. The molecule has 0 aliphatic carbocycles. The normalized spacial score (nSPS) is 14.4. The van der Waals surface area contributed by atoms with Gasteiger partial charge in [-0.15, -0.1) is 0 Å². The molecule has 2 rings (SSSR count). The molecule has 5 heteroatoms. The molecule has 0 spiro atoms. The molecule has 0 aliphatic heterocycles. The fraction of sp³-hybridized carbons (Fsp3) is 0.400. The minimum absolute atomic E-state index is 0.180. The van der Waals surface area contributed by atoms with Crippen LogP contribution in [0.5, 0.6) is 0 Å².